The van der Waals surface area contributed by atoms with Gasteiger partial charge in [0.15, 0.2) is 0 Å². The maximum absolute atomic E-state index is 13.2. The first-order valence-electron chi connectivity index (χ1n) is 13.1. The van der Waals surface area contributed by atoms with Crippen LogP contribution in [-0.4, -0.2) is 75.7 Å². The van der Waals surface area contributed by atoms with E-state index in [1.807, 2.05) is 0 Å². The molecule has 3 N–H and O–H groups in total. The summed E-state index contributed by atoms with van der Waals surface area (Å²) in [6, 6.07) is 1.07. The molecule has 0 aliphatic carbocycles. The first-order chi connectivity index (χ1) is 19.4. The number of hydrogen-bond donors (Lipinski definition) is 3. The molecule has 2 aromatic rings. The van der Waals surface area contributed by atoms with Crippen molar-refractivity contribution in [3.8, 4) is 0 Å². The monoisotopic (exact) mass is 593 g/mol. The summed E-state index contributed by atoms with van der Waals surface area (Å²) in [6.45, 7) is 12.8. The van der Waals surface area contributed by atoms with Crippen LogP contribution in [0.15, 0.2) is 54.4 Å². The Hall–Kier alpha value is -3.78. The van der Waals surface area contributed by atoms with E-state index in [0.29, 0.717) is 23.0 Å². The summed E-state index contributed by atoms with van der Waals surface area (Å²) in [5.41, 5.74) is -1.29. The first kappa shape index (κ1) is 31.7. The van der Waals surface area contributed by atoms with Crippen LogP contribution in [0.4, 0.5) is 19.0 Å². The molecule has 1 fully saturated rings. The van der Waals surface area contributed by atoms with Crippen molar-refractivity contribution < 1.29 is 27.9 Å². The minimum atomic E-state index is -4.84. The summed E-state index contributed by atoms with van der Waals surface area (Å²) in [5, 5.41) is 15.1. The normalized spacial score (nSPS) is 16.1. The number of carbonyl (C=O) groups excluding carboxylic acids is 2. The molecule has 1 aliphatic rings. The number of allylic oxidation sites excluding steroid dienone is 4. The van der Waals surface area contributed by atoms with Crippen LogP contribution >= 0.6 is 11.3 Å². The predicted molar refractivity (Wildman–Crippen MR) is 151 cm³/mol. The fraction of sp³-hybridized carbons (Fsp3) is 0.444. The van der Waals surface area contributed by atoms with Gasteiger partial charge in [-0.1, -0.05) is 19.9 Å². The predicted octanol–water partition coefficient (Wildman–Crippen LogP) is 4.54. The van der Waals surface area contributed by atoms with Crippen molar-refractivity contribution in [1.82, 2.24) is 30.5 Å². The Balaban J connectivity index is 1.61. The Bertz CT molecular complexity index is 1300. The summed E-state index contributed by atoms with van der Waals surface area (Å²) < 4.78 is 39.6. The molecule has 0 saturated carbocycles. The molecule has 0 radical (unpaired) electrons. The zero-order valence-corrected chi connectivity index (χ0v) is 24.0. The molecule has 0 bridgehead atoms. The van der Waals surface area contributed by atoms with E-state index in [9.17, 15) is 27.9 Å². The number of nitrogens with zero attached hydrogens (tertiary/aromatic N) is 5. The summed E-state index contributed by atoms with van der Waals surface area (Å²) >= 11 is 0.985. The molecule has 222 valence electrons. The van der Waals surface area contributed by atoms with Gasteiger partial charge in [-0.3, -0.25) is 14.5 Å². The number of nitrogens with one attached hydrogen (secondary N) is 2. The maximum Gasteiger partial charge on any atom is 0.420 e. The number of rotatable bonds is 11. The highest BCUT2D eigenvalue weighted by Crippen LogP contribution is 2.30. The van der Waals surface area contributed by atoms with Gasteiger partial charge in [0, 0.05) is 37.9 Å². The largest absolute Gasteiger partial charge is 0.507 e. The number of thiazole rings is 1. The van der Waals surface area contributed by atoms with E-state index in [4.69, 9.17) is 0 Å². The number of alkyl halides is 3. The highest BCUT2D eigenvalue weighted by Gasteiger charge is 2.35. The lowest BCUT2D eigenvalue weighted by Gasteiger charge is -2.35. The van der Waals surface area contributed by atoms with Gasteiger partial charge < -0.3 is 20.6 Å². The molecule has 3 heterocycles. The van der Waals surface area contributed by atoms with Crippen LogP contribution in [0, 0.1) is 0 Å². The van der Waals surface area contributed by atoms with E-state index in [0.717, 1.165) is 50.5 Å². The number of halogens is 3. The van der Waals surface area contributed by atoms with Gasteiger partial charge in [0.25, 0.3) is 11.8 Å². The van der Waals surface area contributed by atoms with Crippen molar-refractivity contribution in [2.75, 3.05) is 37.6 Å². The highest BCUT2D eigenvalue weighted by molar-refractivity contribution is 7.13. The SMILES string of the molecule is C=C/C(O)=C(\C=C(/C)NC(=O)c1cnc([C@@H](C)NC(=O)c2cc(N3CCN(CCCC)CC3)ncn2)s1)C(F)(F)F. The number of aromatic nitrogens is 3. The van der Waals surface area contributed by atoms with E-state index in [1.165, 1.54) is 25.9 Å². The topological polar surface area (TPSA) is 124 Å². The molecular weight excluding hydrogens is 559 g/mol. The van der Waals surface area contributed by atoms with Crippen LogP contribution in [0.25, 0.3) is 0 Å². The standard InChI is InChI=1S/C27H34F3N7O3S/c1-5-7-8-36-9-11-37(12-10-36)23-14-20(32-16-33-23)24(39)35-18(4)26-31-15-22(41-26)25(40)34-17(3)13-19(21(38)6-2)27(28,29)30/h6,13-16,18,38H,2,5,7-12H2,1,3-4H3,(H,34,40)(H,35,39)/b17-13+,21-19-/t18-/m1/s1. The molecule has 2 aromatic heterocycles. The van der Waals surface area contributed by atoms with Gasteiger partial charge in [0.2, 0.25) is 0 Å². The van der Waals surface area contributed by atoms with Crippen LogP contribution < -0.4 is 15.5 Å². The molecule has 0 unspecified atom stereocenters. The van der Waals surface area contributed by atoms with Crippen LogP contribution in [0.1, 0.15) is 64.8 Å². The van der Waals surface area contributed by atoms with E-state index in [-0.39, 0.29) is 16.3 Å². The van der Waals surface area contributed by atoms with Gasteiger partial charge in [0.1, 0.15) is 33.5 Å². The summed E-state index contributed by atoms with van der Waals surface area (Å²) in [4.78, 5) is 42.8. The first-order valence-corrected chi connectivity index (χ1v) is 13.9. The lowest BCUT2D eigenvalue weighted by Crippen LogP contribution is -2.47. The smallest absolute Gasteiger partial charge is 0.420 e. The van der Waals surface area contributed by atoms with Crippen LogP contribution in [-0.2, 0) is 0 Å². The molecule has 2 amide bonds. The van der Waals surface area contributed by atoms with Crippen molar-refractivity contribution in [3.63, 3.8) is 0 Å². The molecule has 0 spiro atoms. The molecular formula is C27H34F3N7O3S. The zero-order chi connectivity index (χ0) is 30.2. The zero-order valence-electron chi connectivity index (χ0n) is 23.2. The van der Waals surface area contributed by atoms with Gasteiger partial charge in [-0.15, -0.1) is 11.3 Å². The van der Waals surface area contributed by atoms with Gasteiger partial charge in [-0.05, 0) is 39.0 Å². The number of amides is 2. The molecule has 41 heavy (non-hydrogen) atoms. The number of anilines is 1. The van der Waals surface area contributed by atoms with Crippen molar-refractivity contribution >= 4 is 29.0 Å². The second kappa shape index (κ2) is 14.2. The summed E-state index contributed by atoms with van der Waals surface area (Å²) in [6.07, 6.45) is 1.38. The molecule has 3 rings (SSSR count). The van der Waals surface area contributed by atoms with Crippen molar-refractivity contribution in [2.45, 2.75) is 45.8 Å². The Morgan fingerprint density at radius 1 is 1.20 bits per heavy atom. The van der Waals surface area contributed by atoms with E-state index in [2.05, 4.69) is 48.9 Å². The molecule has 0 aromatic carbocycles. The average Bonchev–Trinajstić information content (AvgIpc) is 3.45. The van der Waals surface area contributed by atoms with Gasteiger partial charge in [-0.25, -0.2) is 15.0 Å². The highest BCUT2D eigenvalue weighted by atomic mass is 32.1. The van der Waals surface area contributed by atoms with E-state index < -0.39 is 35.4 Å². The van der Waals surface area contributed by atoms with Crippen molar-refractivity contribution in [1.29, 1.82) is 0 Å². The van der Waals surface area contributed by atoms with Crippen LogP contribution in [0.3, 0.4) is 0 Å². The molecule has 1 aliphatic heterocycles. The number of piperazine rings is 1. The third-order valence-electron chi connectivity index (χ3n) is 6.32. The van der Waals surface area contributed by atoms with Gasteiger partial charge in [0.05, 0.1) is 17.8 Å². The second-order valence-electron chi connectivity index (χ2n) is 9.48. The van der Waals surface area contributed by atoms with E-state index in [1.54, 1.807) is 13.0 Å². The molecule has 10 nitrogen and oxygen atoms in total. The number of aliphatic hydroxyl groups excluding tert-OH is 1. The second-order valence-corrected chi connectivity index (χ2v) is 10.5. The third-order valence-corrected chi connectivity index (χ3v) is 7.50. The Labute approximate surface area is 240 Å². The Morgan fingerprint density at radius 3 is 2.54 bits per heavy atom. The fourth-order valence-electron chi connectivity index (χ4n) is 4.06. The minimum Gasteiger partial charge on any atom is -0.507 e. The molecule has 1 saturated heterocycles. The number of carbonyl (C=O) groups is 2. The quantitative estimate of drug-likeness (QED) is 0.256. The lowest BCUT2D eigenvalue weighted by atomic mass is 10.1. The molecule has 1 atom stereocenters. The van der Waals surface area contributed by atoms with Crippen molar-refractivity contribution in [2.24, 2.45) is 0 Å². The van der Waals surface area contributed by atoms with Gasteiger partial charge in [-0.2, -0.15) is 13.2 Å². The summed E-state index contributed by atoms with van der Waals surface area (Å²) in [5.74, 6) is -1.50. The maximum atomic E-state index is 13.2. The Kier molecular flexibility index (Phi) is 11.0. The van der Waals surface area contributed by atoms with Crippen molar-refractivity contribution in [3.05, 3.63) is 69.9 Å². The van der Waals surface area contributed by atoms with E-state index >= 15 is 0 Å². The lowest BCUT2D eigenvalue weighted by molar-refractivity contribution is -0.0905. The molecule has 14 heteroatoms. The Morgan fingerprint density at radius 2 is 1.90 bits per heavy atom. The van der Waals surface area contributed by atoms with Crippen LogP contribution in [0.2, 0.25) is 0 Å². The number of aliphatic hydroxyl groups is 1. The fourth-order valence-corrected chi connectivity index (χ4v) is 4.87. The van der Waals surface area contributed by atoms with Crippen LogP contribution in [0.5, 0.6) is 0 Å². The number of hydrogen-bond acceptors (Lipinski definition) is 9. The third kappa shape index (κ3) is 8.85. The average molecular weight is 594 g/mol. The summed E-state index contributed by atoms with van der Waals surface area (Å²) in [7, 11) is 0. The van der Waals surface area contributed by atoms with Gasteiger partial charge >= 0.3 is 6.18 Å². The number of unbranched alkanes of at least 4 members (excludes halogenated alkanes) is 1. The minimum absolute atomic E-state index is 0.127.